The number of halogens is 2. The average molecular weight is 293 g/mol. The van der Waals surface area contributed by atoms with Crippen molar-refractivity contribution >= 4 is 11.7 Å². The highest BCUT2D eigenvalue weighted by Crippen LogP contribution is 2.29. The second kappa shape index (κ2) is 6.17. The minimum atomic E-state index is -3.67. The van der Waals surface area contributed by atoms with E-state index < -0.39 is 17.4 Å². The summed E-state index contributed by atoms with van der Waals surface area (Å²) in [7, 11) is 1.43. The molecule has 1 aromatic carbocycles. The molecule has 7 heteroatoms. The van der Waals surface area contributed by atoms with E-state index in [1.807, 2.05) is 5.43 Å². The number of nitrogens with zero attached hydrogens (tertiary/aromatic N) is 1. The summed E-state index contributed by atoms with van der Waals surface area (Å²) in [5.41, 5.74) is 3.83. The number of methoxy groups -OCH3 is 1. The SMILES string of the molecule is COc1ccc(C(F)(F)C(=O)NNc2ccccn2)cc1. The summed E-state index contributed by atoms with van der Waals surface area (Å²) in [5.74, 6) is -4.45. The van der Waals surface area contributed by atoms with Crippen molar-refractivity contribution in [2.24, 2.45) is 0 Å². The minimum Gasteiger partial charge on any atom is -0.497 e. The Morgan fingerprint density at radius 2 is 1.90 bits per heavy atom. The van der Waals surface area contributed by atoms with E-state index in [0.29, 0.717) is 5.75 Å². The fourth-order valence-corrected chi connectivity index (χ4v) is 1.57. The van der Waals surface area contributed by atoms with Gasteiger partial charge in [-0.1, -0.05) is 6.07 Å². The van der Waals surface area contributed by atoms with Gasteiger partial charge in [-0.05, 0) is 36.4 Å². The third-order valence-electron chi connectivity index (χ3n) is 2.71. The van der Waals surface area contributed by atoms with E-state index in [1.165, 1.54) is 31.5 Å². The molecular weight excluding hydrogens is 280 g/mol. The number of anilines is 1. The monoisotopic (exact) mass is 293 g/mol. The van der Waals surface area contributed by atoms with Gasteiger partial charge in [0.2, 0.25) is 0 Å². The van der Waals surface area contributed by atoms with Crippen LogP contribution in [0.2, 0.25) is 0 Å². The number of carbonyl (C=O) groups excluding carboxylic acids is 1. The molecule has 0 unspecified atom stereocenters. The smallest absolute Gasteiger partial charge is 0.351 e. The van der Waals surface area contributed by atoms with E-state index >= 15 is 0 Å². The lowest BCUT2D eigenvalue weighted by atomic mass is 10.1. The van der Waals surface area contributed by atoms with Crippen LogP contribution >= 0.6 is 0 Å². The molecule has 1 amide bonds. The quantitative estimate of drug-likeness (QED) is 0.831. The highest BCUT2D eigenvalue weighted by molar-refractivity contribution is 5.85. The van der Waals surface area contributed by atoms with Gasteiger partial charge in [-0.15, -0.1) is 0 Å². The Morgan fingerprint density at radius 1 is 1.19 bits per heavy atom. The number of alkyl halides is 2. The van der Waals surface area contributed by atoms with Crippen molar-refractivity contribution in [2.45, 2.75) is 5.92 Å². The first-order valence-electron chi connectivity index (χ1n) is 6.04. The molecule has 110 valence electrons. The number of aromatic nitrogens is 1. The second-order valence-corrected chi connectivity index (χ2v) is 4.10. The maximum Gasteiger partial charge on any atom is 0.351 e. The highest BCUT2D eigenvalue weighted by Gasteiger charge is 2.41. The van der Waals surface area contributed by atoms with E-state index in [2.05, 4.69) is 10.4 Å². The summed E-state index contributed by atoms with van der Waals surface area (Å²) in [6.07, 6.45) is 1.47. The highest BCUT2D eigenvalue weighted by atomic mass is 19.3. The van der Waals surface area contributed by atoms with Crippen LogP contribution < -0.4 is 15.6 Å². The zero-order valence-electron chi connectivity index (χ0n) is 11.1. The molecule has 0 atom stereocenters. The van der Waals surface area contributed by atoms with Crippen LogP contribution in [0.5, 0.6) is 5.75 Å². The molecule has 0 aliphatic heterocycles. The molecule has 0 radical (unpaired) electrons. The summed E-state index contributed by atoms with van der Waals surface area (Å²) in [5, 5.41) is 0. The Labute approximate surface area is 119 Å². The van der Waals surface area contributed by atoms with Crippen LogP contribution in [0.1, 0.15) is 5.56 Å². The molecule has 0 aliphatic carbocycles. The van der Waals surface area contributed by atoms with Crippen LogP contribution in [0.4, 0.5) is 14.6 Å². The molecule has 0 spiro atoms. The average Bonchev–Trinajstić information content (AvgIpc) is 2.53. The molecule has 1 heterocycles. The third kappa shape index (κ3) is 3.44. The number of ether oxygens (including phenoxy) is 1. The molecule has 0 bridgehead atoms. The minimum absolute atomic E-state index is 0.261. The number of pyridine rings is 1. The molecule has 2 N–H and O–H groups in total. The maximum absolute atomic E-state index is 14.0. The van der Waals surface area contributed by atoms with Gasteiger partial charge in [-0.2, -0.15) is 8.78 Å². The normalized spacial score (nSPS) is 10.8. The van der Waals surface area contributed by atoms with E-state index in [9.17, 15) is 13.6 Å². The number of benzene rings is 1. The summed E-state index contributed by atoms with van der Waals surface area (Å²) < 4.78 is 32.8. The van der Waals surface area contributed by atoms with Crippen molar-refractivity contribution < 1.29 is 18.3 Å². The number of rotatable bonds is 5. The lowest BCUT2D eigenvalue weighted by molar-refractivity contribution is -0.146. The van der Waals surface area contributed by atoms with Crippen molar-refractivity contribution in [3.63, 3.8) is 0 Å². The lowest BCUT2D eigenvalue weighted by Crippen LogP contribution is -2.41. The van der Waals surface area contributed by atoms with Gasteiger partial charge in [0.15, 0.2) is 0 Å². The van der Waals surface area contributed by atoms with Gasteiger partial charge in [0, 0.05) is 11.8 Å². The summed E-state index contributed by atoms with van der Waals surface area (Å²) in [6, 6.07) is 9.86. The van der Waals surface area contributed by atoms with E-state index in [0.717, 1.165) is 12.1 Å². The summed E-state index contributed by atoms with van der Waals surface area (Å²) in [6.45, 7) is 0. The molecule has 5 nitrogen and oxygen atoms in total. The first kappa shape index (κ1) is 14.7. The third-order valence-corrected chi connectivity index (χ3v) is 2.71. The maximum atomic E-state index is 14.0. The summed E-state index contributed by atoms with van der Waals surface area (Å²) >= 11 is 0. The number of hydrogen-bond acceptors (Lipinski definition) is 4. The number of carbonyl (C=O) groups is 1. The molecule has 0 fully saturated rings. The van der Waals surface area contributed by atoms with Crippen LogP contribution in [0, 0.1) is 0 Å². The van der Waals surface area contributed by atoms with Crippen LogP contribution in [-0.4, -0.2) is 18.0 Å². The first-order valence-corrected chi connectivity index (χ1v) is 6.04. The van der Waals surface area contributed by atoms with Crippen LogP contribution in [0.25, 0.3) is 0 Å². The second-order valence-electron chi connectivity index (χ2n) is 4.10. The van der Waals surface area contributed by atoms with Crippen molar-refractivity contribution in [2.75, 3.05) is 12.5 Å². The standard InChI is InChI=1S/C14H13F2N3O2/c1-21-11-7-5-10(6-8-11)14(15,16)13(20)19-18-12-4-2-3-9-17-12/h2-9H,1H3,(H,17,18)(H,19,20). The van der Waals surface area contributed by atoms with Crippen LogP contribution in [-0.2, 0) is 10.7 Å². The Morgan fingerprint density at radius 3 is 2.48 bits per heavy atom. The van der Waals surface area contributed by atoms with Gasteiger partial charge >= 0.3 is 11.8 Å². The Balaban J connectivity index is 2.05. The van der Waals surface area contributed by atoms with Crippen LogP contribution in [0.3, 0.4) is 0 Å². The molecule has 0 saturated carbocycles. The van der Waals surface area contributed by atoms with E-state index in [4.69, 9.17) is 4.74 Å². The molecule has 2 aromatic rings. The zero-order valence-corrected chi connectivity index (χ0v) is 11.1. The predicted molar refractivity (Wildman–Crippen MR) is 72.9 cm³/mol. The fraction of sp³-hybridized carbons (Fsp3) is 0.143. The predicted octanol–water partition coefficient (Wildman–Crippen LogP) is 2.33. The zero-order chi connectivity index (χ0) is 15.3. The van der Waals surface area contributed by atoms with Gasteiger partial charge < -0.3 is 4.74 Å². The number of amides is 1. The molecule has 1 aromatic heterocycles. The first-order chi connectivity index (χ1) is 10.0. The number of hydrazine groups is 1. The number of nitrogens with one attached hydrogen (secondary N) is 2. The lowest BCUT2D eigenvalue weighted by Gasteiger charge is -2.17. The topological polar surface area (TPSA) is 63.2 Å². The summed E-state index contributed by atoms with van der Waals surface area (Å²) in [4.78, 5) is 15.5. The van der Waals surface area contributed by atoms with Gasteiger partial charge in [0.1, 0.15) is 11.6 Å². The molecule has 0 saturated heterocycles. The van der Waals surface area contributed by atoms with Crippen molar-refractivity contribution in [1.29, 1.82) is 0 Å². The molecule has 21 heavy (non-hydrogen) atoms. The van der Waals surface area contributed by atoms with Gasteiger partial charge in [-0.3, -0.25) is 15.6 Å². The fourth-order valence-electron chi connectivity index (χ4n) is 1.57. The van der Waals surface area contributed by atoms with Crippen molar-refractivity contribution in [3.05, 3.63) is 54.2 Å². The molecule has 0 aliphatic rings. The van der Waals surface area contributed by atoms with E-state index in [-0.39, 0.29) is 5.82 Å². The van der Waals surface area contributed by atoms with Crippen molar-refractivity contribution in [1.82, 2.24) is 10.4 Å². The largest absolute Gasteiger partial charge is 0.497 e. The van der Waals surface area contributed by atoms with Gasteiger partial charge in [-0.25, -0.2) is 4.98 Å². The van der Waals surface area contributed by atoms with Crippen LogP contribution in [0.15, 0.2) is 48.7 Å². The number of hydrogen-bond donors (Lipinski definition) is 2. The van der Waals surface area contributed by atoms with Gasteiger partial charge in [0.25, 0.3) is 0 Å². The Kier molecular flexibility index (Phi) is 4.32. The molecular formula is C14H13F2N3O2. The van der Waals surface area contributed by atoms with E-state index in [1.54, 1.807) is 12.1 Å². The van der Waals surface area contributed by atoms with Crippen molar-refractivity contribution in [3.8, 4) is 5.75 Å². The van der Waals surface area contributed by atoms with Gasteiger partial charge in [0.05, 0.1) is 7.11 Å². The molecule has 2 rings (SSSR count). The Bertz CT molecular complexity index is 603. The Hall–Kier alpha value is -2.70.